The van der Waals surface area contributed by atoms with E-state index in [4.69, 9.17) is 4.74 Å². The fourth-order valence-corrected chi connectivity index (χ4v) is 8.04. The Kier molecular flexibility index (Phi) is 10.5. The van der Waals surface area contributed by atoms with E-state index in [1.165, 1.54) is 4.90 Å². The third kappa shape index (κ3) is 5.65. The van der Waals surface area contributed by atoms with E-state index in [0.29, 0.717) is 32.6 Å². The van der Waals surface area contributed by atoms with Crippen molar-refractivity contribution < 1.29 is 24.2 Å². The number of benzene rings is 1. The number of ether oxygens (including phenoxy) is 1. The van der Waals surface area contributed by atoms with Crippen LogP contribution < -0.4 is 0 Å². The first-order valence-electron chi connectivity index (χ1n) is 14.9. The van der Waals surface area contributed by atoms with Gasteiger partial charge in [0.15, 0.2) is 0 Å². The van der Waals surface area contributed by atoms with Crippen LogP contribution in [0.1, 0.15) is 57.6 Å². The first-order chi connectivity index (χ1) is 19.8. The summed E-state index contributed by atoms with van der Waals surface area (Å²) in [5, 5.41) is 10.7. The number of carbonyl (C=O) groups excluding carboxylic acids is 3. The number of aliphatic hydroxyl groups is 1. The van der Waals surface area contributed by atoms with Crippen LogP contribution in [0.3, 0.4) is 0 Å². The monoisotopic (exact) mass is 629 g/mol. The van der Waals surface area contributed by atoms with Crippen molar-refractivity contribution in [2.75, 3.05) is 32.8 Å². The quantitative estimate of drug-likeness (QED) is 0.179. The van der Waals surface area contributed by atoms with Gasteiger partial charge in [-0.2, -0.15) is 0 Å². The molecular weight excluding hydrogens is 586 g/mol. The van der Waals surface area contributed by atoms with Crippen molar-refractivity contribution in [3.05, 3.63) is 61.2 Å². The molecule has 3 fully saturated rings. The number of fused-ring (bicyclic) bond motifs is 1. The second-order valence-electron chi connectivity index (χ2n) is 11.4. The number of nitrogens with zero attached hydrogens (tertiary/aromatic N) is 3. The second kappa shape index (κ2) is 13.7. The number of hydrogen-bond acceptors (Lipinski definition) is 5. The summed E-state index contributed by atoms with van der Waals surface area (Å²) in [5.41, 5.74) is -0.461. The summed E-state index contributed by atoms with van der Waals surface area (Å²) >= 11 is 3.76. The van der Waals surface area contributed by atoms with Crippen LogP contribution in [0.5, 0.6) is 0 Å². The molecule has 0 radical (unpaired) electrons. The number of carbonyl (C=O) groups is 3. The molecule has 7 atom stereocenters. The van der Waals surface area contributed by atoms with Gasteiger partial charge in [0, 0.05) is 31.0 Å². The lowest BCUT2D eigenvalue weighted by Gasteiger charge is -2.39. The Hall–Kier alpha value is -2.49. The molecule has 1 aromatic rings. The zero-order chi connectivity index (χ0) is 29.7. The van der Waals surface area contributed by atoms with Crippen molar-refractivity contribution in [2.45, 2.75) is 74.6 Å². The van der Waals surface area contributed by atoms with E-state index in [9.17, 15) is 19.5 Å². The molecule has 3 amide bonds. The van der Waals surface area contributed by atoms with Crippen LogP contribution >= 0.6 is 15.9 Å². The molecule has 1 N–H and O–H groups in total. The molecule has 4 rings (SSSR count). The van der Waals surface area contributed by atoms with E-state index in [-0.39, 0.29) is 29.2 Å². The standard InChI is InChI=1S/C32H44BrN3O5/c1-5-9-13-19-35(18-8-4)31(40)28-32-20-23(33)27(41-32)25(29(38)34(16-6-2)17-7-3)26(32)30(39)36(28)24(21-37)22-14-11-10-12-15-22/h6,8,10-12,14-15,23-28,37H,2,4-5,7,9,13,16-21H2,1,3H3/t23?,24-,25+,26+,27+,28?,32?/m1/s1. The molecule has 3 saturated heterocycles. The zero-order valence-electron chi connectivity index (χ0n) is 24.3. The maximum Gasteiger partial charge on any atom is 0.248 e. The van der Waals surface area contributed by atoms with Gasteiger partial charge in [-0.1, -0.05) is 85.1 Å². The Morgan fingerprint density at radius 1 is 1.10 bits per heavy atom. The summed E-state index contributed by atoms with van der Waals surface area (Å²) in [6.45, 7) is 13.2. The summed E-state index contributed by atoms with van der Waals surface area (Å²) < 4.78 is 6.72. The average Bonchev–Trinajstić information content (AvgIpc) is 3.56. The first kappa shape index (κ1) is 31.4. The van der Waals surface area contributed by atoms with E-state index in [1.807, 2.05) is 37.3 Å². The normalized spacial score (nSPS) is 28.8. The first-order valence-corrected chi connectivity index (χ1v) is 15.8. The molecule has 3 unspecified atom stereocenters. The molecule has 0 aromatic heterocycles. The predicted octanol–water partition coefficient (Wildman–Crippen LogP) is 4.10. The van der Waals surface area contributed by atoms with E-state index in [2.05, 4.69) is 36.0 Å². The van der Waals surface area contributed by atoms with Gasteiger partial charge in [-0.25, -0.2) is 0 Å². The highest BCUT2D eigenvalue weighted by molar-refractivity contribution is 9.09. The highest BCUT2D eigenvalue weighted by atomic mass is 79.9. The minimum absolute atomic E-state index is 0.152. The van der Waals surface area contributed by atoms with Crippen LogP contribution in [0, 0.1) is 11.8 Å². The smallest absolute Gasteiger partial charge is 0.248 e. The van der Waals surface area contributed by atoms with Gasteiger partial charge in [-0.15, -0.1) is 13.2 Å². The predicted molar refractivity (Wildman–Crippen MR) is 162 cm³/mol. The van der Waals surface area contributed by atoms with Gasteiger partial charge in [0.2, 0.25) is 17.7 Å². The van der Waals surface area contributed by atoms with Gasteiger partial charge in [0.05, 0.1) is 30.6 Å². The van der Waals surface area contributed by atoms with Crippen molar-refractivity contribution >= 4 is 33.7 Å². The van der Waals surface area contributed by atoms with Gasteiger partial charge in [-0.3, -0.25) is 14.4 Å². The minimum Gasteiger partial charge on any atom is -0.394 e. The van der Waals surface area contributed by atoms with Crippen LogP contribution in [0.2, 0.25) is 0 Å². The molecule has 8 nitrogen and oxygen atoms in total. The Labute approximate surface area is 252 Å². The Balaban J connectivity index is 1.83. The van der Waals surface area contributed by atoms with Gasteiger partial charge in [0.1, 0.15) is 11.6 Å². The number of alkyl halides is 1. The maximum absolute atomic E-state index is 14.6. The third-order valence-corrected chi connectivity index (χ3v) is 9.63. The van der Waals surface area contributed by atoms with Crippen LogP contribution in [-0.4, -0.2) is 92.9 Å². The van der Waals surface area contributed by atoms with Crippen molar-refractivity contribution in [3.8, 4) is 0 Å². The van der Waals surface area contributed by atoms with Crippen molar-refractivity contribution in [2.24, 2.45) is 11.8 Å². The topological polar surface area (TPSA) is 90.4 Å². The fraction of sp³-hybridized carbons (Fsp3) is 0.594. The summed E-state index contributed by atoms with van der Waals surface area (Å²) in [5.74, 6) is -2.26. The van der Waals surface area contributed by atoms with Crippen LogP contribution in [-0.2, 0) is 19.1 Å². The molecule has 41 heavy (non-hydrogen) atoms. The summed E-state index contributed by atoms with van der Waals surface area (Å²) in [4.78, 5) is 48.1. The van der Waals surface area contributed by atoms with Crippen molar-refractivity contribution in [1.29, 1.82) is 0 Å². The summed E-state index contributed by atoms with van der Waals surface area (Å²) in [6, 6.07) is 7.54. The third-order valence-electron chi connectivity index (χ3n) is 8.79. The van der Waals surface area contributed by atoms with Crippen LogP contribution in [0.15, 0.2) is 55.6 Å². The van der Waals surface area contributed by atoms with E-state index in [0.717, 1.165) is 31.2 Å². The van der Waals surface area contributed by atoms with Gasteiger partial charge < -0.3 is 24.5 Å². The molecule has 1 aromatic carbocycles. The summed E-state index contributed by atoms with van der Waals surface area (Å²) in [6.07, 6.45) is 6.86. The minimum atomic E-state index is -1.19. The molecular formula is C32H44BrN3O5. The number of likely N-dealkylation sites (tertiary alicyclic amines) is 1. The largest absolute Gasteiger partial charge is 0.394 e. The summed E-state index contributed by atoms with van der Waals surface area (Å²) in [7, 11) is 0. The Morgan fingerprint density at radius 3 is 2.34 bits per heavy atom. The van der Waals surface area contributed by atoms with Gasteiger partial charge >= 0.3 is 0 Å². The molecule has 3 aliphatic rings. The van der Waals surface area contributed by atoms with E-state index < -0.39 is 35.6 Å². The van der Waals surface area contributed by atoms with Gasteiger partial charge in [0.25, 0.3) is 0 Å². The number of unbranched alkanes of at least 4 members (excludes halogenated alkanes) is 2. The Bertz CT molecular complexity index is 1120. The Morgan fingerprint density at radius 2 is 1.76 bits per heavy atom. The highest BCUT2D eigenvalue weighted by Crippen LogP contribution is 2.61. The van der Waals surface area contributed by atoms with Crippen LogP contribution in [0.25, 0.3) is 0 Å². The van der Waals surface area contributed by atoms with Crippen molar-refractivity contribution in [3.63, 3.8) is 0 Å². The van der Waals surface area contributed by atoms with Crippen molar-refractivity contribution in [1.82, 2.24) is 14.7 Å². The number of aliphatic hydroxyl groups excluding tert-OH is 1. The molecule has 224 valence electrons. The molecule has 0 saturated carbocycles. The lowest BCUT2D eigenvalue weighted by Crippen LogP contribution is -2.57. The van der Waals surface area contributed by atoms with E-state index >= 15 is 0 Å². The number of hydrogen-bond donors (Lipinski definition) is 1. The van der Waals surface area contributed by atoms with Crippen LogP contribution in [0.4, 0.5) is 0 Å². The molecule has 3 aliphatic heterocycles. The molecule has 0 aliphatic carbocycles. The molecule has 9 heteroatoms. The number of rotatable bonds is 15. The van der Waals surface area contributed by atoms with E-state index in [1.54, 1.807) is 22.0 Å². The highest BCUT2D eigenvalue weighted by Gasteiger charge is 2.77. The molecule has 3 heterocycles. The van der Waals surface area contributed by atoms with Gasteiger partial charge in [-0.05, 0) is 24.8 Å². The average molecular weight is 631 g/mol. The lowest BCUT2D eigenvalue weighted by atomic mass is 9.70. The number of amides is 3. The SMILES string of the molecule is C=CCN(CCCCC)C(=O)C1N([C@H](CO)c2ccccc2)C(=O)[C@@H]2[C@H](C(=O)N(CC=C)CCC)[C@H]3OC12CC3Br. The number of halogens is 1. The maximum atomic E-state index is 14.6. The second-order valence-corrected chi connectivity index (χ2v) is 12.5. The molecule has 1 spiro atoms. The fourth-order valence-electron chi connectivity index (χ4n) is 7.10. The molecule has 2 bridgehead atoms. The lowest BCUT2D eigenvalue weighted by molar-refractivity contribution is -0.152. The zero-order valence-corrected chi connectivity index (χ0v) is 25.9.